The Bertz CT molecular complexity index is 193. The molecule has 2 atom stereocenters. The summed E-state index contributed by atoms with van der Waals surface area (Å²) in [4.78, 5) is 22.2. The second-order valence-electron chi connectivity index (χ2n) is 3.62. The molecule has 0 rings (SSSR count). The maximum Gasteiger partial charge on any atom is 0.313 e. The Kier molecular flexibility index (Phi) is 7.96. The largest absolute Gasteiger partial charge is 0.393 e. The van der Waals surface area contributed by atoms with Crippen LogP contribution in [0.25, 0.3) is 0 Å². The van der Waals surface area contributed by atoms with Gasteiger partial charge in [-0.05, 0) is 23.3 Å². The molecule has 88 valence electrons. The van der Waals surface area contributed by atoms with Gasteiger partial charge in [-0.1, -0.05) is 13.8 Å². The molecule has 0 fully saturated rings. The van der Waals surface area contributed by atoms with Crippen LogP contribution in [0.3, 0.4) is 0 Å². The zero-order valence-electron chi connectivity index (χ0n) is 9.10. The van der Waals surface area contributed by atoms with Crippen molar-refractivity contribution in [3.8, 4) is 0 Å². The molecule has 0 spiro atoms. The maximum atomic E-state index is 11.1. The molecule has 0 bridgehead atoms. The molecule has 0 aliphatic rings. The van der Waals surface area contributed by atoms with Gasteiger partial charge in [-0.2, -0.15) is 25.3 Å². The molecular formula is C10H18O3S2. The van der Waals surface area contributed by atoms with Crippen LogP contribution >= 0.6 is 25.3 Å². The summed E-state index contributed by atoms with van der Waals surface area (Å²) >= 11 is 8.26. The summed E-state index contributed by atoms with van der Waals surface area (Å²) in [5.74, 6) is -0.930. The predicted octanol–water partition coefficient (Wildman–Crippen LogP) is 2.25. The molecule has 0 heterocycles. The van der Waals surface area contributed by atoms with Crippen molar-refractivity contribution < 1.29 is 14.3 Å². The lowest BCUT2D eigenvalue weighted by molar-refractivity contribution is -0.159. The molecule has 0 saturated carbocycles. The zero-order chi connectivity index (χ0) is 11.8. The minimum absolute atomic E-state index is 0.144. The number of rotatable bonds is 6. The van der Waals surface area contributed by atoms with E-state index in [1.807, 2.05) is 13.8 Å². The fourth-order valence-corrected chi connectivity index (χ4v) is 1.14. The van der Waals surface area contributed by atoms with E-state index in [1.54, 1.807) is 0 Å². The summed E-state index contributed by atoms with van der Waals surface area (Å²) in [6.45, 7) is 3.78. The highest BCUT2D eigenvalue weighted by Crippen LogP contribution is 2.07. The second-order valence-corrected chi connectivity index (χ2v) is 5.38. The average molecular weight is 250 g/mol. The lowest BCUT2D eigenvalue weighted by atomic mass is 10.2. The van der Waals surface area contributed by atoms with Crippen molar-refractivity contribution in [3.63, 3.8) is 0 Å². The Balaban J connectivity index is 3.63. The fraction of sp³-hybridized carbons (Fsp3) is 0.800. The molecule has 0 saturated heterocycles. The van der Waals surface area contributed by atoms with Crippen molar-refractivity contribution in [3.05, 3.63) is 0 Å². The third-order valence-corrected chi connectivity index (χ3v) is 2.28. The van der Waals surface area contributed by atoms with Gasteiger partial charge in [0.1, 0.15) is 0 Å². The topological polar surface area (TPSA) is 43.4 Å². The zero-order valence-corrected chi connectivity index (χ0v) is 10.9. The molecule has 0 N–H and O–H groups in total. The van der Waals surface area contributed by atoms with E-state index in [1.165, 1.54) is 0 Å². The highest BCUT2D eigenvalue weighted by molar-refractivity contribution is 7.81. The van der Waals surface area contributed by atoms with Gasteiger partial charge in [0, 0.05) is 12.8 Å². The number of carbonyl (C=O) groups excluding carboxylic acids is 2. The summed E-state index contributed by atoms with van der Waals surface area (Å²) in [7, 11) is 0. The first-order chi connectivity index (χ1) is 6.91. The minimum atomic E-state index is -0.465. The molecule has 5 heteroatoms. The van der Waals surface area contributed by atoms with Gasteiger partial charge in [-0.15, -0.1) is 0 Å². The second kappa shape index (κ2) is 8.05. The number of carbonyl (C=O) groups is 2. The van der Waals surface area contributed by atoms with Crippen molar-refractivity contribution in [2.45, 2.75) is 50.0 Å². The molecule has 3 nitrogen and oxygen atoms in total. The van der Waals surface area contributed by atoms with Gasteiger partial charge >= 0.3 is 11.9 Å². The summed E-state index contributed by atoms with van der Waals surface area (Å²) in [5.41, 5.74) is 0. The van der Waals surface area contributed by atoms with E-state index in [0.29, 0.717) is 12.8 Å². The molecular weight excluding hydrogens is 232 g/mol. The van der Waals surface area contributed by atoms with Crippen molar-refractivity contribution in [2.24, 2.45) is 0 Å². The Morgan fingerprint density at radius 3 is 1.60 bits per heavy atom. The molecule has 2 unspecified atom stereocenters. The molecule has 15 heavy (non-hydrogen) atoms. The van der Waals surface area contributed by atoms with Crippen molar-refractivity contribution in [2.75, 3.05) is 0 Å². The van der Waals surface area contributed by atoms with E-state index in [9.17, 15) is 9.59 Å². The van der Waals surface area contributed by atoms with E-state index in [4.69, 9.17) is 0 Å². The van der Waals surface area contributed by atoms with Crippen molar-refractivity contribution >= 4 is 37.2 Å². The van der Waals surface area contributed by atoms with Crippen LogP contribution in [-0.4, -0.2) is 22.4 Å². The lowest BCUT2D eigenvalue weighted by Crippen LogP contribution is -2.14. The Morgan fingerprint density at radius 2 is 1.33 bits per heavy atom. The molecule has 0 aliphatic carbocycles. The number of esters is 2. The predicted molar refractivity (Wildman–Crippen MR) is 66.5 cm³/mol. The molecule has 0 amide bonds. The third-order valence-electron chi connectivity index (χ3n) is 1.76. The average Bonchev–Trinajstić information content (AvgIpc) is 2.11. The molecule has 0 aromatic carbocycles. The first-order valence-electron chi connectivity index (χ1n) is 5.01. The van der Waals surface area contributed by atoms with Crippen LogP contribution in [0.15, 0.2) is 0 Å². The van der Waals surface area contributed by atoms with E-state index in [-0.39, 0.29) is 23.3 Å². The number of ether oxygens (including phenoxy) is 1. The normalized spacial score (nSPS) is 14.4. The van der Waals surface area contributed by atoms with Gasteiger partial charge in [-0.3, -0.25) is 9.59 Å². The quantitative estimate of drug-likeness (QED) is 0.432. The number of hydrogen-bond donors (Lipinski definition) is 2. The van der Waals surface area contributed by atoms with Crippen LogP contribution < -0.4 is 0 Å². The SMILES string of the molecule is CC(S)CCC(=O)OC(=O)CCC(C)S. The van der Waals surface area contributed by atoms with Crippen LogP contribution in [0.1, 0.15) is 39.5 Å². The van der Waals surface area contributed by atoms with Crippen molar-refractivity contribution in [1.82, 2.24) is 0 Å². The molecule has 0 radical (unpaired) electrons. The standard InChI is InChI=1S/C10H18O3S2/c1-7(14)3-5-9(11)13-10(12)6-4-8(2)15/h7-8,14-15H,3-6H2,1-2H3. The van der Waals surface area contributed by atoms with Gasteiger partial charge in [0.25, 0.3) is 0 Å². The highest BCUT2D eigenvalue weighted by atomic mass is 32.1. The summed E-state index contributed by atoms with van der Waals surface area (Å²) < 4.78 is 4.61. The van der Waals surface area contributed by atoms with Crippen molar-refractivity contribution in [1.29, 1.82) is 0 Å². The van der Waals surface area contributed by atoms with Gasteiger partial charge in [0.15, 0.2) is 0 Å². The molecule has 0 aromatic heterocycles. The number of hydrogen-bond acceptors (Lipinski definition) is 5. The van der Waals surface area contributed by atoms with Gasteiger partial charge in [0.2, 0.25) is 0 Å². The fourth-order valence-electron chi connectivity index (χ4n) is 0.883. The monoisotopic (exact) mass is 250 g/mol. The highest BCUT2D eigenvalue weighted by Gasteiger charge is 2.11. The van der Waals surface area contributed by atoms with E-state index in [2.05, 4.69) is 30.0 Å². The minimum Gasteiger partial charge on any atom is -0.393 e. The van der Waals surface area contributed by atoms with Crippen LogP contribution in [0, 0.1) is 0 Å². The maximum absolute atomic E-state index is 11.1. The van der Waals surface area contributed by atoms with Gasteiger partial charge < -0.3 is 4.74 Å². The molecule has 0 aliphatic heterocycles. The van der Waals surface area contributed by atoms with Gasteiger partial charge in [0.05, 0.1) is 0 Å². The third kappa shape index (κ3) is 10.1. The van der Waals surface area contributed by atoms with E-state index in [0.717, 1.165) is 0 Å². The van der Waals surface area contributed by atoms with E-state index < -0.39 is 11.9 Å². The van der Waals surface area contributed by atoms with Crippen LogP contribution in [0.5, 0.6) is 0 Å². The van der Waals surface area contributed by atoms with Crippen LogP contribution in [0.4, 0.5) is 0 Å². The Labute approximate surface area is 102 Å². The van der Waals surface area contributed by atoms with Crippen LogP contribution in [0.2, 0.25) is 0 Å². The smallest absolute Gasteiger partial charge is 0.313 e. The first kappa shape index (κ1) is 14.8. The summed E-state index contributed by atoms with van der Waals surface area (Å²) in [6.07, 6.45) is 1.73. The lowest BCUT2D eigenvalue weighted by Gasteiger charge is -2.05. The molecule has 0 aromatic rings. The summed E-state index contributed by atoms with van der Waals surface area (Å²) in [5, 5.41) is 0.287. The van der Waals surface area contributed by atoms with Crippen LogP contribution in [-0.2, 0) is 14.3 Å². The first-order valence-corrected chi connectivity index (χ1v) is 6.04. The Morgan fingerprint density at radius 1 is 1.00 bits per heavy atom. The van der Waals surface area contributed by atoms with Gasteiger partial charge in [-0.25, -0.2) is 0 Å². The summed E-state index contributed by atoms with van der Waals surface area (Å²) in [6, 6.07) is 0. The van der Waals surface area contributed by atoms with E-state index >= 15 is 0 Å². The number of thiol groups is 2. The Hall–Kier alpha value is -0.160.